The number of nitrogens with one attached hydrogen (secondary N) is 1. The summed E-state index contributed by atoms with van der Waals surface area (Å²) in [5.41, 5.74) is 0.428. The van der Waals surface area contributed by atoms with Crippen molar-refractivity contribution < 1.29 is 14.3 Å². The van der Waals surface area contributed by atoms with Crippen LogP contribution in [-0.2, 0) is 9.47 Å². The third-order valence-electron chi connectivity index (χ3n) is 4.46. The molecule has 2 heterocycles. The Morgan fingerprint density at radius 1 is 1.50 bits per heavy atom. The van der Waals surface area contributed by atoms with Crippen LogP contribution in [0.2, 0.25) is 5.02 Å². The van der Waals surface area contributed by atoms with Crippen molar-refractivity contribution in [2.45, 2.75) is 44.5 Å². The predicted molar refractivity (Wildman–Crippen MR) is 82.8 cm³/mol. The highest BCUT2D eigenvalue weighted by molar-refractivity contribution is 6.33. The van der Waals surface area contributed by atoms with Gasteiger partial charge in [-0.2, -0.15) is 0 Å². The van der Waals surface area contributed by atoms with Crippen LogP contribution >= 0.6 is 11.6 Å². The minimum Gasteiger partial charge on any atom is -0.349 e. The maximum absolute atomic E-state index is 12.1. The molecular weight excluding hydrogens is 304 g/mol. The second kappa shape index (κ2) is 6.52. The average Bonchev–Trinajstić information content (AvgIpc) is 2.92. The number of ether oxygens (including phenoxy) is 2. The number of hydrogen-bond donors (Lipinski definition) is 1. The molecule has 1 spiro atoms. The summed E-state index contributed by atoms with van der Waals surface area (Å²) in [4.78, 5) is 16.0. The smallest absolute Gasteiger partial charge is 0.253 e. The molecule has 2 aliphatic rings. The van der Waals surface area contributed by atoms with Gasteiger partial charge in [0, 0.05) is 31.8 Å². The van der Waals surface area contributed by atoms with Crippen LogP contribution in [0.3, 0.4) is 0 Å². The summed E-state index contributed by atoms with van der Waals surface area (Å²) in [5.74, 6) is 0.107. The number of carbonyl (C=O) groups excluding carboxylic acids is 1. The van der Waals surface area contributed by atoms with Gasteiger partial charge in [-0.3, -0.25) is 9.78 Å². The molecule has 1 saturated carbocycles. The van der Waals surface area contributed by atoms with E-state index in [9.17, 15) is 4.79 Å². The number of pyridine rings is 1. The van der Waals surface area contributed by atoms with Crippen molar-refractivity contribution in [3.8, 4) is 0 Å². The first-order valence-electron chi connectivity index (χ1n) is 7.77. The molecule has 5 nitrogen and oxygen atoms in total. The maximum atomic E-state index is 12.1. The first-order chi connectivity index (χ1) is 10.6. The van der Waals surface area contributed by atoms with Crippen molar-refractivity contribution in [1.82, 2.24) is 10.3 Å². The summed E-state index contributed by atoms with van der Waals surface area (Å²) in [7, 11) is 0. The number of aromatic nitrogens is 1. The van der Waals surface area contributed by atoms with Crippen molar-refractivity contribution >= 4 is 17.5 Å². The molecule has 0 radical (unpaired) electrons. The molecule has 120 valence electrons. The van der Waals surface area contributed by atoms with E-state index in [4.69, 9.17) is 21.1 Å². The standard InChI is InChI=1S/C16H21ClN2O3/c1-11-2-5-16(6-3-11)21-10-12(22-16)8-19-15(20)13-4-7-18-9-14(13)17/h4,7,9,11-12H,2-3,5-6,8,10H2,1H3,(H,19,20)/t11?,12-,16?/m1/s1. The molecule has 2 fully saturated rings. The van der Waals surface area contributed by atoms with Gasteiger partial charge in [0.15, 0.2) is 5.79 Å². The molecular formula is C16H21ClN2O3. The Hall–Kier alpha value is -1.17. The van der Waals surface area contributed by atoms with Crippen LogP contribution in [-0.4, -0.2) is 35.9 Å². The van der Waals surface area contributed by atoms with Gasteiger partial charge in [0.2, 0.25) is 0 Å². The fourth-order valence-corrected chi connectivity index (χ4v) is 3.25. The van der Waals surface area contributed by atoms with Crippen LogP contribution in [0, 0.1) is 5.92 Å². The number of nitrogens with zero attached hydrogens (tertiary/aromatic N) is 1. The maximum Gasteiger partial charge on any atom is 0.253 e. The second-order valence-electron chi connectivity index (χ2n) is 6.21. The van der Waals surface area contributed by atoms with Crippen LogP contribution < -0.4 is 5.32 Å². The minimum atomic E-state index is -0.420. The molecule has 0 bridgehead atoms. The molecule has 1 saturated heterocycles. The van der Waals surface area contributed by atoms with Crippen LogP contribution in [0.15, 0.2) is 18.5 Å². The summed E-state index contributed by atoms with van der Waals surface area (Å²) in [6, 6.07) is 1.60. The quantitative estimate of drug-likeness (QED) is 0.928. The SMILES string of the molecule is CC1CCC2(CC1)OC[C@@H](CNC(=O)c1ccncc1Cl)O2. The van der Waals surface area contributed by atoms with E-state index in [1.54, 1.807) is 12.3 Å². The van der Waals surface area contributed by atoms with Crippen molar-refractivity contribution in [3.05, 3.63) is 29.0 Å². The van der Waals surface area contributed by atoms with Crippen molar-refractivity contribution in [2.24, 2.45) is 5.92 Å². The molecule has 0 aromatic carbocycles. The van der Waals surface area contributed by atoms with E-state index >= 15 is 0 Å². The number of hydrogen-bond acceptors (Lipinski definition) is 4. The summed E-state index contributed by atoms with van der Waals surface area (Å²) >= 11 is 5.97. The fourth-order valence-electron chi connectivity index (χ4n) is 3.04. The summed E-state index contributed by atoms with van der Waals surface area (Å²) in [6.45, 7) is 3.21. The van der Waals surface area contributed by atoms with Gasteiger partial charge in [-0.25, -0.2) is 0 Å². The molecule has 1 atom stereocenters. The molecule has 1 aliphatic heterocycles. The normalized spacial score (nSPS) is 31.4. The highest BCUT2D eigenvalue weighted by Gasteiger charge is 2.43. The van der Waals surface area contributed by atoms with Crippen molar-refractivity contribution in [3.63, 3.8) is 0 Å². The second-order valence-corrected chi connectivity index (χ2v) is 6.62. The van der Waals surface area contributed by atoms with E-state index < -0.39 is 5.79 Å². The number of rotatable bonds is 3. The Bertz CT molecular complexity index is 544. The lowest BCUT2D eigenvalue weighted by Gasteiger charge is -2.34. The third kappa shape index (κ3) is 3.42. The average molecular weight is 325 g/mol. The molecule has 1 amide bonds. The van der Waals surface area contributed by atoms with E-state index in [-0.39, 0.29) is 12.0 Å². The monoisotopic (exact) mass is 324 g/mol. The Labute approximate surface area is 135 Å². The Morgan fingerprint density at radius 3 is 3.00 bits per heavy atom. The number of amides is 1. The molecule has 1 aliphatic carbocycles. The van der Waals surface area contributed by atoms with Gasteiger partial charge in [0.05, 0.1) is 17.2 Å². The van der Waals surface area contributed by atoms with Gasteiger partial charge in [0.25, 0.3) is 5.91 Å². The van der Waals surface area contributed by atoms with Gasteiger partial charge in [-0.05, 0) is 24.8 Å². The van der Waals surface area contributed by atoms with Crippen LogP contribution in [0.25, 0.3) is 0 Å². The van der Waals surface area contributed by atoms with E-state index in [2.05, 4.69) is 17.2 Å². The number of carbonyl (C=O) groups is 1. The molecule has 1 aromatic rings. The highest BCUT2D eigenvalue weighted by atomic mass is 35.5. The lowest BCUT2D eigenvalue weighted by Crippen LogP contribution is -2.38. The van der Waals surface area contributed by atoms with Gasteiger partial charge in [0.1, 0.15) is 6.10 Å². The lowest BCUT2D eigenvalue weighted by molar-refractivity contribution is -0.191. The molecule has 0 unspecified atom stereocenters. The summed E-state index contributed by atoms with van der Waals surface area (Å²) in [6.07, 6.45) is 7.05. The van der Waals surface area contributed by atoms with Gasteiger partial charge in [-0.1, -0.05) is 18.5 Å². The van der Waals surface area contributed by atoms with E-state index in [1.165, 1.54) is 6.20 Å². The largest absolute Gasteiger partial charge is 0.349 e. The molecule has 1 aromatic heterocycles. The van der Waals surface area contributed by atoms with Gasteiger partial charge >= 0.3 is 0 Å². The van der Waals surface area contributed by atoms with E-state index in [0.29, 0.717) is 23.7 Å². The van der Waals surface area contributed by atoms with E-state index in [0.717, 1.165) is 31.6 Å². The van der Waals surface area contributed by atoms with Crippen LogP contribution in [0.1, 0.15) is 43.0 Å². The number of halogens is 1. The van der Waals surface area contributed by atoms with Crippen molar-refractivity contribution in [2.75, 3.05) is 13.2 Å². The van der Waals surface area contributed by atoms with E-state index in [1.807, 2.05) is 0 Å². The fraction of sp³-hybridized carbons (Fsp3) is 0.625. The zero-order valence-corrected chi connectivity index (χ0v) is 13.4. The molecule has 22 heavy (non-hydrogen) atoms. The lowest BCUT2D eigenvalue weighted by atomic mass is 9.86. The van der Waals surface area contributed by atoms with Crippen molar-refractivity contribution in [1.29, 1.82) is 0 Å². The Kier molecular flexibility index (Phi) is 4.66. The molecule has 3 rings (SSSR count). The third-order valence-corrected chi connectivity index (χ3v) is 4.76. The van der Waals surface area contributed by atoms with Crippen LogP contribution in [0.4, 0.5) is 0 Å². The first-order valence-corrected chi connectivity index (χ1v) is 8.15. The zero-order valence-electron chi connectivity index (χ0n) is 12.7. The topological polar surface area (TPSA) is 60.5 Å². The first kappa shape index (κ1) is 15.7. The molecule has 1 N–H and O–H groups in total. The highest BCUT2D eigenvalue weighted by Crippen LogP contribution is 2.39. The minimum absolute atomic E-state index is 0.0991. The molecule has 6 heteroatoms. The Morgan fingerprint density at radius 2 is 2.27 bits per heavy atom. The van der Waals surface area contributed by atoms with Crippen LogP contribution in [0.5, 0.6) is 0 Å². The predicted octanol–water partition coefficient (Wildman–Crippen LogP) is 2.79. The Balaban J connectivity index is 1.51. The zero-order chi connectivity index (χ0) is 15.6. The van der Waals surface area contributed by atoms with Gasteiger partial charge in [-0.15, -0.1) is 0 Å². The van der Waals surface area contributed by atoms with Gasteiger partial charge < -0.3 is 14.8 Å². The summed E-state index contributed by atoms with van der Waals surface area (Å²) < 4.78 is 12.0. The summed E-state index contributed by atoms with van der Waals surface area (Å²) in [5, 5.41) is 3.20.